The van der Waals surface area contributed by atoms with Gasteiger partial charge in [0, 0.05) is 38.6 Å². The van der Waals surface area contributed by atoms with Crippen molar-refractivity contribution in [2.75, 3.05) is 26.2 Å². The van der Waals surface area contributed by atoms with Crippen LogP contribution in [0, 0.1) is 0 Å². The van der Waals surface area contributed by atoms with Crippen LogP contribution in [0.15, 0.2) is 0 Å². The molecule has 250 valence electrons. The van der Waals surface area contributed by atoms with E-state index in [1.807, 2.05) is 0 Å². The first-order valence-corrected chi connectivity index (χ1v) is 14.9. The van der Waals surface area contributed by atoms with Crippen LogP contribution in [0.25, 0.3) is 0 Å². The molecule has 0 heterocycles. The maximum atomic E-state index is 12.5. The molecule has 2 atom stereocenters. The van der Waals surface area contributed by atoms with Crippen LogP contribution in [0.2, 0.25) is 0 Å². The predicted molar refractivity (Wildman–Crippen MR) is 163 cm³/mol. The van der Waals surface area contributed by atoms with Crippen LogP contribution in [0.1, 0.15) is 101 Å². The summed E-state index contributed by atoms with van der Waals surface area (Å²) < 4.78 is 15.6. The minimum absolute atomic E-state index is 0.0141. The fourth-order valence-electron chi connectivity index (χ4n) is 3.49. The van der Waals surface area contributed by atoms with Crippen molar-refractivity contribution in [3.63, 3.8) is 0 Å². The summed E-state index contributed by atoms with van der Waals surface area (Å²) in [5.74, 6) is -0.590. The smallest absolute Gasteiger partial charge is 0.407 e. The molecule has 0 unspecified atom stereocenters. The van der Waals surface area contributed by atoms with E-state index in [2.05, 4.69) is 26.6 Å². The highest BCUT2D eigenvalue weighted by Gasteiger charge is 2.22. The summed E-state index contributed by atoms with van der Waals surface area (Å²) in [5, 5.41) is 13.5. The molecule has 14 heteroatoms. The highest BCUT2D eigenvalue weighted by Crippen LogP contribution is 2.10. The zero-order valence-corrected chi connectivity index (χ0v) is 27.6. The summed E-state index contributed by atoms with van der Waals surface area (Å²) in [6.45, 7) is 16.9. The van der Waals surface area contributed by atoms with E-state index in [1.165, 1.54) is 0 Å². The fraction of sp³-hybridized carbons (Fsp3) is 0.828. The Balaban J connectivity index is 4.52. The lowest BCUT2D eigenvalue weighted by Gasteiger charge is -2.23. The number of ether oxygens (including phenoxy) is 3. The first-order chi connectivity index (χ1) is 19.7. The highest BCUT2D eigenvalue weighted by molar-refractivity contribution is 5.81. The minimum Gasteiger partial charge on any atom is -0.444 e. The van der Waals surface area contributed by atoms with Crippen molar-refractivity contribution in [1.82, 2.24) is 26.6 Å². The molecular weight excluding hydrogens is 560 g/mol. The van der Waals surface area contributed by atoms with Crippen molar-refractivity contribution in [2.45, 2.75) is 130 Å². The quantitative estimate of drug-likeness (QED) is 0.111. The first kappa shape index (κ1) is 39.7. The van der Waals surface area contributed by atoms with Crippen LogP contribution >= 0.6 is 0 Å². The third-order valence-corrected chi connectivity index (χ3v) is 5.24. The Bertz CT molecular complexity index is 893. The van der Waals surface area contributed by atoms with E-state index >= 15 is 0 Å². The second-order valence-electron chi connectivity index (χ2n) is 13.3. The molecule has 0 saturated heterocycles. The van der Waals surface area contributed by atoms with Crippen LogP contribution in [-0.4, -0.2) is 85.2 Å². The Morgan fingerprint density at radius 1 is 0.581 bits per heavy atom. The van der Waals surface area contributed by atoms with Crippen LogP contribution in [0.4, 0.5) is 14.4 Å². The molecular formula is C29H56N6O8. The maximum absolute atomic E-state index is 12.5. The number of unbranched alkanes of at least 4 members (excludes halogenated alkanes) is 1. The van der Waals surface area contributed by atoms with Gasteiger partial charge in [-0.15, -0.1) is 0 Å². The number of amides is 5. The lowest BCUT2D eigenvalue weighted by molar-refractivity contribution is -0.122. The summed E-state index contributed by atoms with van der Waals surface area (Å²) in [6, 6.07) is -1.21. The second kappa shape index (κ2) is 19.1. The topological polar surface area (TPSA) is 199 Å². The standard InChI is InChI=1S/C29H56N6O8/c1-27(2,3)41-24(38)33-16-12-14-21(30)23(37)32-15-11-10-13-20(35-26(40)43-29(7,8)9)19-22(36)31-17-18-34-25(39)42-28(4,5)6/h20-21H,10-19,30H2,1-9H3,(H,31,36)(H,32,37)(H,33,38)(H,34,39)(H,35,40)/t20-,21-/m0/s1. The third-order valence-electron chi connectivity index (χ3n) is 5.24. The van der Waals surface area contributed by atoms with Gasteiger partial charge < -0.3 is 46.5 Å². The van der Waals surface area contributed by atoms with Crippen LogP contribution < -0.4 is 32.3 Å². The van der Waals surface area contributed by atoms with Gasteiger partial charge in [0.15, 0.2) is 0 Å². The number of nitrogens with one attached hydrogen (secondary N) is 5. The van der Waals surface area contributed by atoms with Crippen molar-refractivity contribution in [3.05, 3.63) is 0 Å². The second-order valence-corrected chi connectivity index (χ2v) is 13.3. The van der Waals surface area contributed by atoms with E-state index < -0.39 is 47.2 Å². The third kappa shape index (κ3) is 25.0. The Morgan fingerprint density at radius 2 is 1.05 bits per heavy atom. The first-order valence-electron chi connectivity index (χ1n) is 14.9. The molecule has 0 aromatic carbocycles. The molecule has 0 rings (SSSR count). The molecule has 0 spiro atoms. The lowest BCUT2D eigenvalue weighted by Crippen LogP contribution is -2.43. The molecule has 0 aliphatic rings. The van der Waals surface area contributed by atoms with Crippen molar-refractivity contribution < 1.29 is 38.2 Å². The van der Waals surface area contributed by atoms with E-state index in [9.17, 15) is 24.0 Å². The Labute approximate surface area is 256 Å². The number of hydrogen-bond donors (Lipinski definition) is 6. The Hall–Kier alpha value is -3.29. The van der Waals surface area contributed by atoms with Gasteiger partial charge in [-0.1, -0.05) is 0 Å². The molecule has 0 saturated carbocycles. The van der Waals surface area contributed by atoms with E-state index in [0.29, 0.717) is 45.2 Å². The van der Waals surface area contributed by atoms with Gasteiger partial charge in [0.2, 0.25) is 11.8 Å². The number of nitrogens with two attached hydrogens (primary N) is 1. The van der Waals surface area contributed by atoms with Crippen LogP contribution in [0.5, 0.6) is 0 Å². The van der Waals surface area contributed by atoms with Crippen molar-refractivity contribution >= 4 is 30.1 Å². The number of carbonyl (C=O) groups is 5. The van der Waals surface area contributed by atoms with Gasteiger partial charge in [-0.2, -0.15) is 0 Å². The highest BCUT2D eigenvalue weighted by atomic mass is 16.6. The molecule has 43 heavy (non-hydrogen) atoms. The Kier molecular flexibility index (Phi) is 17.6. The van der Waals surface area contributed by atoms with Crippen molar-refractivity contribution in [3.8, 4) is 0 Å². The SMILES string of the molecule is CC(C)(C)OC(=O)NCCC[C@H](N)C(=O)NCCCC[C@@H](CC(=O)NCCNC(=O)OC(C)(C)C)NC(=O)OC(C)(C)C. The lowest BCUT2D eigenvalue weighted by atomic mass is 10.1. The fourth-order valence-corrected chi connectivity index (χ4v) is 3.49. The predicted octanol–water partition coefficient (Wildman–Crippen LogP) is 2.83. The molecule has 14 nitrogen and oxygen atoms in total. The van der Waals surface area contributed by atoms with Crippen LogP contribution in [0.3, 0.4) is 0 Å². The molecule has 0 radical (unpaired) electrons. The zero-order chi connectivity index (χ0) is 33.3. The normalized spacial score (nSPS) is 13.2. The van der Waals surface area contributed by atoms with Gasteiger partial charge in [-0.05, 0) is 94.4 Å². The number of rotatable bonds is 16. The molecule has 0 fully saturated rings. The molecule has 7 N–H and O–H groups in total. The van der Waals surface area contributed by atoms with Gasteiger partial charge in [-0.25, -0.2) is 14.4 Å². The summed E-state index contributed by atoms with van der Waals surface area (Å²) in [5.41, 5.74) is 4.06. The number of carbonyl (C=O) groups excluding carboxylic acids is 5. The molecule has 0 aliphatic carbocycles. The molecule has 0 bridgehead atoms. The minimum atomic E-state index is -0.712. The summed E-state index contributed by atoms with van der Waals surface area (Å²) in [7, 11) is 0. The molecule has 5 amide bonds. The van der Waals surface area contributed by atoms with Gasteiger partial charge >= 0.3 is 18.3 Å². The summed E-state index contributed by atoms with van der Waals surface area (Å²) >= 11 is 0. The summed E-state index contributed by atoms with van der Waals surface area (Å²) in [4.78, 5) is 60.5. The van der Waals surface area contributed by atoms with Gasteiger partial charge in [0.1, 0.15) is 16.8 Å². The van der Waals surface area contributed by atoms with E-state index in [0.717, 1.165) is 0 Å². The maximum Gasteiger partial charge on any atom is 0.407 e. The van der Waals surface area contributed by atoms with Gasteiger partial charge in [0.05, 0.1) is 6.04 Å². The molecule has 0 aliphatic heterocycles. The summed E-state index contributed by atoms with van der Waals surface area (Å²) in [6.07, 6.45) is 0.901. The molecule has 0 aromatic rings. The Morgan fingerprint density at radius 3 is 1.58 bits per heavy atom. The monoisotopic (exact) mass is 616 g/mol. The number of hydrogen-bond acceptors (Lipinski definition) is 9. The van der Waals surface area contributed by atoms with Gasteiger partial charge in [0.25, 0.3) is 0 Å². The average Bonchev–Trinajstić information content (AvgIpc) is 2.80. The van der Waals surface area contributed by atoms with Gasteiger partial charge in [-0.3, -0.25) is 9.59 Å². The zero-order valence-electron chi connectivity index (χ0n) is 27.6. The largest absolute Gasteiger partial charge is 0.444 e. The molecule has 0 aromatic heterocycles. The van der Waals surface area contributed by atoms with Crippen molar-refractivity contribution in [1.29, 1.82) is 0 Å². The van der Waals surface area contributed by atoms with Crippen molar-refractivity contribution in [2.24, 2.45) is 5.73 Å². The average molecular weight is 617 g/mol. The number of alkyl carbamates (subject to hydrolysis) is 3. The van der Waals surface area contributed by atoms with E-state index in [-0.39, 0.29) is 31.3 Å². The van der Waals surface area contributed by atoms with Crippen LogP contribution in [-0.2, 0) is 23.8 Å². The van der Waals surface area contributed by atoms with E-state index in [1.54, 1.807) is 62.3 Å². The van der Waals surface area contributed by atoms with E-state index in [4.69, 9.17) is 19.9 Å².